The van der Waals surface area contributed by atoms with Crippen LogP contribution in [0.2, 0.25) is 10.0 Å². The largest absolute Gasteiger partial charge is 0.484 e. The zero-order valence-corrected chi connectivity index (χ0v) is 18.3. The number of amides is 1. The molecular weight excluding hydrogens is 431 g/mol. The number of nitrogens with one attached hydrogen (secondary N) is 1. The fraction of sp³-hybridized carbons (Fsp3) is 0.250. The van der Waals surface area contributed by atoms with E-state index >= 15 is 0 Å². The molecule has 0 saturated carbocycles. The lowest BCUT2D eigenvalue weighted by atomic mass is 10.2. The smallest absolute Gasteiger partial charge is 0.234 e. The van der Waals surface area contributed by atoms with E-state index < -0.39 is 0 Å². The summed E-state index contributed by atoms with van der Waals surface area (Å²) in [5, 5.41) is 12.9. The number of ether oxygens (including phenoxy) is 1. The van der Waals surface area contributed by atoms with E-state index in [-0.39, 0.29) is 18.3 Å². The molecule has 1 heterocycles. The molecule has 0 radical (unpaired) electrons. The Hall–Kier alpha value is -2.22. The first-order chi connectivity index (χ1) is 14.0. The molecule has 3 aromatic rings. The van der Waals surface area contributed by atoms with Crippen molar-refractivity contribution in [2.24, 2.45) is 0 Å². The highest BCUT2D eigenvalue weighted by molar-refractivity contribution is 7.99. The van der Waals surface area contributed by atoms with Gasteiger partial charge in [0.05, 0.1) is 10.8 Å². The summed E-state index contributed by atoms with van der Waals surface area (Å²) >= 11 is 13.4. The SMILES string of the molecule is CCn1c(COc2ccc(Cl)cc2Cl)nnc1SCC(=O)Nc1ccc(C)cc1. The summed E-state index contributed by atoms with van der Waals surface area (Å²) in [6.45, 7) is 4.85. The molecule has 0 atom stereocenters. The van der Waals surface area contributed by atoms with Crippen molar-refractivity contribution in [2.45, 2.75) is 32.2 Å². The minimum absolute atomic E-state index is 0.102. The second kappa shape index (κ2) is 10.0. The van der Waals surface area contributed by atoms with Crippen molar-refractivity contribution in [1.82, 2.24) is 14.8 Å². The number of carbonyl (C=O) groups is 1. The number of hydrogen-bond acceptors (Lipinski definition) is 5. The van der Waals surface area contributed by atoms with Crippen molar-refractivity contribution in [3.63, 3.8) is 0 Å². The van der Waals surface area contributed by atoms with Crippen LogP contribution in [0.25, 0.3) is 0 Å². The van der Waals surface area contributed by atoms with E-state index in [4.69, 9.17) is 27.9 Å². The van der Waals surface area contributed by atoms with Crippen molar-refractivity contribution in [2.75, 3.05) is 11.1 Å². The summed E-state index contributed by atoms with van der Waals surface area (Å²) in [7, 11) is 0. The molecule has 0 aliphatic rings. The molecule has 6 nitrogen and oxygen atoms in total. The van der Waals surface area contributed by atoms with Gasteiger partial charge < -0.3 is 14.6 Å². The number of benzene rings is 2. The van der Waals surface area contributed by atoms with Crippen LogP contribution in [0.4, 0.5) is 5.69 Å². The van der Waals surface area contributed by atoms with Crippen molar-refractivity contribution < 1.29 is 9.53 Å². The van der Waals surface area contributed by atoms with Crippen LogP contribution in [0.1, 0.15) is 18.3 Å². The highest BCUT2D eigenvalue weighted by Crippen LogP contribution is 2.28. The maximum Gasteiger partial charge on any atom is 0.234 e. The lowest BCUT2D eigenvalue weighted by Gasteiger charge is -2.10. The molecule has 3 rings (SSSR count). The second-order valence-electron chi connectivity index (χ2n) is 6.21. The molecule has 0 aliphatic carbocycles. The Morgan fingerprint density at radius 2 is 1.93 bits per heavy atom. The van der Waals surface area contributed by atoms with E-state index in [1.54, 1.807) is 18.2 Å². The van der Waals surface area contributed by atoms with Crippen LogP contribution in [0.15, 0.2) is 47.6 Å². The molecule has 0 aliphatic heterocycles. The summed E-state index contributed by atoms with van der Waals surface area (Å²) in [5.74, 6) is 1.30. The summed E-state index contributed by atoms with van der Waals surface area (Å²) in [4.78, 5) is 12.2. The number of anilines is 1. The van der Waals surface area contributed by atoms with E-state index in [1.165, 1.54) is 11.8 Å². The number of nitrogens with zero attached hydrogens (tertiary/aromatic N) is 3. The van der Waals surface area contributed by atoms with Crippen molar-refractivity contribution >= 4 is 46.6 Å². The molecule has 0 bridgehead atoms. The normalized spacial score (nSPS) is 10.8. The van der Waals surface area contributed by atoms with Crippen LogP contribution in [0.3, 0.4) is 0 Å². The van der Waals surface area contributed by atoms with Gasteiger partial charge in [0.2, 0.25) is 5.91 Å². The number of rotatable bonds is 8. The number of thioether (sulfide) groups is 1. The van der Waals surface area contributed by atoms with Gasteiger partial charge in [-0.05, 0) is 44.2 Å². The number of halogens is 2. The highest BCUT2D eigenvalue weighted by atomic mass is 35.5. The molecule has 9 heteroatoms. The van der Waals surface area contributed by atoms with Gasteiger partial charge in [-0.25, -0.2) is 0 Å². The predicted molar refractivity (Wildman–Crippen MR) is 117 cm³/mol. The maximum absolute atomic E-state index is 12.2. The van der Waals surface area contributed by atoms with E-state index in [0.29, 0.717) is 33.3 Å². The molecule has 29 heavy (non-hydrogen) atoms. The predicted octanol–water partition coefficient (Wildman–Crippen LogP) is 5.22. The third kappa shape index (κ3) is 5.88. The Bertz CT molecular complexity index is 993. The third-order valence-electron chi connectivity index (χ3n) is 4.03. The average molecular weight is 451 g/mol. The topological polar surface area (TPSA) is 69.0 Å². The number of aryl methyl sites for hydroxylation is 1. The minimum atomic E-state index is -0.102. The van der Waals surface area contributed by atoms with Crippen LogP contribution < -0.4 is 10.1 Å². The van der Waals surface area contributed by atoms with Gasteiger partial charge in [-0.1, -0.05) is 52.7 Å². The average Bonchev–Trinajstić information content (AvgIpc) is 3.09. The van der Waals surface area contributed by atoms with Gasteiger partial charge in [0.25, 0.3) is 0 Å². The molecule has 0 fully saturated rings. The van der Waals surface area contributed by atoms with Gasteiger partial charge in [0, 0.05) is 17.3 Å². The van der Waals surface area contributed by atoms with E-state index in [1.807, 2.05) is 42.7 Å². The Morgan fingerprint density at radius 1 is 1.17 bits per heavy atom. The quantitative estimate of drug-likeness (QED) is 0.476. The van der Waals surface area contributed by atoms with Gasteiger partial charge in [0.15, 0.2) is 11.0 Å². The van der Waals surface area contributed by atoms with E-state index in [9.17, 15) is 4.79 Å². The van der Waals surface area contributed by atoms with Crippen LogP contribution in [0.5, 0.6) is 5.75 Å². The first-order valence-electron chi connectivity index (χ1n) is 8.95. The lowest BCUT2D eigenvalue weighted by Crippen LogP contribution is -2.15. The van der Waals surface area contributed by atoms with Crippen molar-refractivity contribution in [3.8, 4) is 5.75 Å². The molecule has 1 aromatic heterocycles. The summed E-state index contributed by atoms with van der Waals surface area (Å²) in [5.41, 5.74) is 1.91. The maximum atomic E-state index is 12.2. The van der Waals surface area contributed by atoms with Gasteiger partial charge in [-0.2, -0.15) is 0 Å². The van der Waals surface area contributed by atoms with Crippen LogP contribution in [0, 0.1) is 6.92 Å². The van der Waals surface area contributed by atoms with Gasteiger partial charge >= 0.3 is 0 Å². The number of aromatic nitrogens is 3. The summed E-state index contributed by atoms with van der Waals surface area (Å²) in [6, 6.07) is 12.7. The first-order valence-corrected chi connectivity index (χ1v) is 10.7. The van der Waals surface area contributed by atoms with Crippen LogP contribution >= 0.6 is 35.0 Å². The van der Waals surface area contributed by atoms with Crippen molar-refractivity contribution in [1.29, 1.82) is 0 Å². The molecule has 152 valence electrons. The van der Waals surface area contributed by atoms with Crippen LogP contribution in [-0.4, -0.2) is 26.4 Å². The Morgan fingerprint density at radius 3 is 2.62 bits per heavy atom. The summed E-state index contributed by atoms with van der Waals surface area (Å²) < 4.78 is 7.66. The molecule has 1 amide bonds. The second-order valence-corrected chi connectivity index (χ2v) is 8.00. The van der Waals surface area contributed by atoms with Gasteiger partial charge in [-0.15, -0.1) is 10.2 Å². The fourth-order valence-corrected chi connectivity index (χ4v) is 3.83. The molecule has 0 spiro atoms. The summed E-state index contributed by atoms with van der Waals surface area (Å²) in [6.07, 6.45) is 0. The standard InChI is InChI=1S/C20H20Cl2N4O2S/c1-3-26-18(11-28-17-9-6-14(21)10-16(17)22)24-25-20(26)29-12-19(27)23-15-7-4-13(2)5-8-15/h4-10H,3,11-12H2,1-2H3,(H,23,27). The molecule has 2 aromatic carbocycles. The van der Waals surface area contributed by atoms with Crippen LogP contribution in [-0.2, 0) is 17.9 Å². The first kappa shape index (κ1) is 21.5. The zero-order chi connectivity index (χ0) is 20.8. The number of hydrogen-bond donors (Lipinski definition) is 1. The van der Waals surface area contributed by atoms with Gasteiger partial charge in [-0.3, -0.25) is 4.79 Å². The highest BCUT2D eigenvalue weighted by Gasteiger charge is 2.14. The minimum Gasteiger partial charge on any atom is -0.484 e. The number of carbonyl (C=O) groups excluding carboxylic acids is 1. The van der Waals surface area contributed by atoms with E-state index in [0.717, 1.165) is 11.3 Å². The van der Waals surface area contributed by atoms with Gasteiger partial charge in [0.1, 0.15) is 12.4 Å². The monoisotopic (exact) mass is 450 g/mol. The Labute approximate surface area is 183 Å². The van der Waals surface area contributed by atoms with Crippen molar-refractivity contribution in [3.05, 3.63) is 63.9 Å². The molecule has 0 unspecified atom stereocenters. The zero-order valence-electron chi connectivity index (χ0n) is 16.0. The third-order valence-corrected chi connectivity index (χ3v) is 5.53. The Kier molecular flexibility index (Phi) is 7.41. The fourth-order valence-electron chi connectivity index (χ4n) is 2.55. The Balaban J connectivity index is 1.58. The molecular formula is C20H20Cl2N4O2S. The lowest BCUT2D eigenvalue weighted by molar-refractivity contribution is -0.113. The molecule has 0 saturated heterocycles. The van der Waals surface area contributed by atoms with E-state index in [2.05, 4.69) is 15.5 Å². The molecule has 1 N–H and O–H groups in total.